The maximum absolute atomic E-state index is 6.52. The van der Waals surface area contributed by atoms with E-state index in [9.17, 15) is 0 Å². The number of benzene rings is 1. The second-order valence-corrected chi connectivity index (χ2v) is 19.5. The molecule has 1 rings (SSSR count). The van der Waals surface area contributed by atoms with Crippen molar-refractivity contribution in [3.8, 4) is 11.5 Å². The second-order valence-electron chi connectivity index (χ2n) is 9.73. The Bertz CT molecular complexity index is 570. The molecule has 0 unspecified atom stereocenters. The Morgan fingerprint density at radius 3 is 1.79 bits per heavy atom. The number of ether oxygens (including phenoxy) is 1. The minimum absolute atomic E-state index is 0.154. The topological polar surface area (TPSA) is 30.5 Å². The Kier molecular flexibility index (Phi) is 5.93. The summed E-state index contributed by atoms with van der Waals surface area (Å²) in [4.78, 5) is 3.79. The molecule has 0 amide bonds. The van der Waals surface area contributed by atoms with Crippen LogP contribution in [0.4, 0.5) is 5.69 Å². The molecule has 3 nitrogen and oxygen atoms in total. The molecule has 5 heteroatoms. The minimum atomic E-state index is -1.91. The van der Waals surface area contributed by atoms with Gasteiger partial charge in [0.25, 0.3) is 8.32 Å². The number of anilines is 1. The highest BCUT2D eigenvalue weighted by atomic mass is 28.4. The first-order chi connectivity index (χ1) is 10.6. The van der Waals surface area contributed by atoms with Crippen LogP contribution in [0.1, 0.15) is 41.5 Å². The van der Waals surface area contributed by atoms with Crippen LogP contribution in [-0.2, 0) is 0 Å². The van der Waals surface area contributed by atoms with Crippen molar-refractivity contribution >= 4 is 22.2 Å². The largest absolute Gasteiger partial charge is 0.541 e. The molecule has 24 heavy (non-hydrogen) atoms. The second kappa shape index (κ2) is 6.75. The molecule has 0 saturated heterocycles. The summed E-state index contributed by atoms with van der Waals surface area (Å²) in [6, 6.07) is 6.22. The van der Waals surface area contributed by atoms with Crippen molar-refractivity contribution in [3.63, 3.8) is 0 Å². The van der Waals surface area contributed by atoms with Crippen molar-refractivity contribution in [3.05, 3.63) is 18.2 Å². The number of nitrogens with one attached hydrogen (secondary N) is 1. The zero-order chi connectivity index (χ0) is 19.0. The van der Waals surface area contributed by atoms with Crippen LogP contribution in [0.15, 0.2) is 18.2 Å². The first-order valence-electron chi connectivity index (χ1n) is 8.76. The van der Waals surface area contributed by atoms with E-state index in [0.717, 1.165) is 17.2 Å². The first-order valence-corrected chi connectivity index (χ1v) is 14.7. The molecule has 1 aromatic carbocycles. The molecule has 0 aliphatic carbocycles. The standard InChI is InChI=1S/C19H37NO2Si2/c1-18(2,3)23(8,9)20-15-12-13-16(21-7)17(14-15)22-24(10,11)19(4,5)6/h12-14,20H,1-11H3. The summed E-state index contributed by atoms with van der Waals surface area (Å²) in [7, 11) is -1.83. The predicted molar refractivity (Wildman–Crippen MR) is 112 cm³/mol. The van der Waals surface area contributed by atoms with Gasteiger partial charge in [-0.05, 0) is 35.3 Å². The van der Waals surface area contributed by atoms with E-state index < -0.39 is 16.6 Å². The fourth-order valence-corrected chi connectivity index (χ4v) is 4.08. The third-order valence-electron chi connectivity index (χ3n) is 5.67. The van der Waals surface area contributed by atoms with Gasteiger partial charge in [-0.15, -0.1) is 0 Å². The van der Waals surface area contributed by atoms with Crippen molar-refractivity contribution in [2.75, 3.05) is 12.1 Å². The Labute approximate surface area is 151 Å². The molecule has 0 bridgehead atoms. The van der Waals surface area contributed by atoms with E-state index in [4.69, 9.17) is 9.16 Å². The van der Waals surface area contributed by atoms with Gasteiger partial charge in [0.05, 0.1) is 7.11 Å². The molecule has 0 fully saturated rings. The summed E-state index contributed by atoms with van der Waals surface area (Å²) >= 11 is 0. The quantitative estimate of drug-likeness (QED) is 0.603. The zero-order valence-corrected chi connectivity index (χ0v) is 19.5. The first kappa shape index (κ1) is 21.1. The van der Waals surface area contributed by atoms with Gasteiger partial charge >= 0.3 is 0 Å². The molecule has 0 atom stereocenters. The van der Waals surface area contributed by atoms with Crippen molar-refractivity contribution in [1.29, 1.82) is 0 Å². The van der Waals surface area contributed by atoms with E-state index >= 15 is 0 Å². The van der Waals surface area contributed by atoms with Crippen LogP contribution < -0.4 is 14.1 Å². The summed E-state index contributed by atoms with van der Waals surface area (Å²) in [5, 5.41) is 0.425. The lowest BCUT2D eigenvalue weighted by Gasteiger charge is -2.39. The molecule has 138 valence electrons. The number of hydrogen-bond donors (Lipinski definition) is 1. The third-order valence-corrected chi connectivity index (χ3v) is 14.7. The Morgan fingerprint density at radius 2 is 1.38 bits per heavy atom. The van der Waals surface area contributed by atoms with Crippen molar-refractivity contribution in [1.82, 2.24) is 0 Å². The highest BCUT2D eigenvalue weighted by Crippen LogP contribution is 2.42. The lowest BCUT2D eigenvalue weighted by atomic mass is 10.2. The van der Waals surface area contributed by atoms with Gasteiger partial charge in [-0.25, -0.2) is 0 Å². The fraction of sp³-hybridized carbons (Fsp3) is 0.684. The van der Waals surface area contributed by atoms with Gasteiger partial charge in [-0.3, -0.25) is 0 Å². The molecule has 0 spiro atoms. The summed E-state index contributed by atoms with van der Waals surface area (Å²) < 4.78 is 12.1. The molecule has 1 N–H and O–H groups in total. The van der Waals surface area contributed by atoms with Crippen LogP contribution in [-0.4, -0.2) is 23.7 Å². The monoisotopic (exact) mass is 367 g/mol. The van der Waals surface area contributed by atoms with Crippen LogP contribution in [0.5, 0.6) is 11.5 Å². The summed E-state index contributed by atoms with van der Waals surface area (Å²) in [6.45, 7) is 22.9. The van der Waals surface area contributed by atoms with Crippen LogP contribution in [0.25, 0.3) is 0 Å². The fourth-order valence-electron chi connectivity index (χ4n) is 1.81. The van der Waals surface area contributed by atoms with E-state index in [1.54, 1.807) is 7.11 Å². The maximum Gasteiger partial charge on any atom is 0.250 e. The molecule has 1 aromatic rings. The molecular weight excluding hydrogens is 330 g/mol. The zero-order valence-electron chi connectivity index (χ0n) is 17.5. The molecular formula is C19H37NO2Si2. The van der Waals surface area contributed by atoms with E-state index in [-0.39, 0.29) is 10.1 Å². The minimum Gasteiger partial charge on any atom is -0.541 e. The van der Waals surface area contributed by atoms with Gasteiger partial charge in [0.1, 0.15) is 5.75 Å². The molecule has 0 aliphatic heterocycles. The Hall–Kier alpha value is -0.946. The van der Waals surface area contributed by atoms with Gasteiger partial charge in [-0.2, -0.15) is 0 Å². The average molecular weight is 368 g/mol. The van der Waals surface area contributed by atoms with Crippen molar-refractivity contribution in [2.24, 2.45) is 0 Å². The lowest BCUT2D eigenvalue weighted by Crippen LogP contribution is -2.46. The molecule has 0 aromatic heterocycles. The van der Waals surface area contributed by atoms with Gasteiger partial charge in [-0.1, -0.05) is 54.6 Å². The smallest absolute Gasteiger partial charge is 0.250 e. The molecule has 0 aliphatic rings. The van der Waals surface area contributed by atoms with Crippen molar-refractivity contribution < 1.29 is 9.16 Å². The number of hydrogen-bond acceptors (Lipinski definition) is 3. The average Bonchev–Trinajstić information content (AvgIpc) is 2.35. The van der Waals surface area contributed by atoms with E-state index in [1.165, 1.54) is 0 Å². The molecule has 0 radical (unpaired) electrons. The molecule has 0 heterocycles. The van der Waals surface area contributed by atoms with E-state index in [2.05, 4.69) is 84.8 Å². The van der Waals surface area contributed by atoms with Crippen LogP contribution >= 0.6 is 0 Å². The van der Waals surface area contributed by atoms with Gasteiger partial charge in [0.15, 0.2) is 14.0 Å². The van der Waals surface area contributed by atoms with Gasteiger partial charge < -0.3 is 14.1 Å². The normalized spacial score (nSPS) is 13.6. The van der Waals surface area contributed by atoms with Crippen LogP contribution in [0, 0.1) is 0 Å². The van der Waals surface area contributed by atoms with Crippen molar-refractivity contribution in [2.45, 2.75) is 77.8 Å². The van der Waals surface area contributed by atoms with Crippen LogP contribution in [0.3, 0.4) is 0 Å². The molecule has 0 saturated carbocycles. The SMILES string of the molecule is COc1ccc(N[Si](C)(C)C(C)(C)C)cc1O[Si](C)(C)C(C)(C)C. The van der Waals surface area contributed by atoms with Crippen LogP contribution in [0.2, 0.25) is 36.3 Å². The highest BCUT2D eigenvalue weighted by molar-refractivity contribution is 6.83. The summed E-state index contributed by atoms with van der Waals surface area (Å²) in [6.07, 6.45) is 0. The Balaban J connectivity index is 3.19. The summed E-state index contributed by atoms with van der Waals surface area (Å²) in [5.41, 5.74) is 1.12. The number of rotatable bonds is 5. The van der Waals surface area contributed by atoms with E-state index in [1.807, 2.05) is 6.07 Å². The van der Waals surface area contributed by atoms with Gasteiger partial charge in [0, 0.05) is 11.8 Å². The van der Waals surface area contributed by atoms with E-state index in [0.29, 0.717) is 0 Å². The Morgan fingerprint density at radius 1 is 0.833 bits per heavy atom. The van der Waals surface area contributed by atoms with Gasteiger partial charge in [0.2, 0.25) is 0 Å². The third kappa shape index (κ3) is 4.79. The lowest BCUT2D eigenvalue weighted by molar-refractivity contribution is 0.386. The summed E-state index contributed by atoms with van der Waals surface area (Å²) in [5.74, 6) is 1.66. The number of methoxy groups -OCH3 is 1. The predicted octanol–water partition coefficient (Wildman–Crippen LogP) is 6.50. The highest BCUT2D eigenvalue weighted by Gasteiger charge is 2.40. The maximum atomic E-state index is 6.52.